The highest BCUT2D eigenvalue weighted by Crippen LogP contribution is 2.68. The fourth-order valence-electron chi connectivity index (χ4n) is 10.6. The highest BCUT2D eigenvalue weighted by Gasteiger charge is 2.60. The summed E-state index contributed by atoms with van der Waals surface area (Å²) in [5.74, 6) is 2.28. The van der Waals surface area contributed by atoms with Gasteiger partial charge in [0.1, 0.15) is 12.1 Å². The van der Waals surface area contributed by atoms with Gasteiger partial charge in [0.05, 0.1) is 6.10 Å². The van der Waals surface area contributed by atoms with E-state index in [1.165, 1.54) is 44.9 Å². The number of hydrogen-bond acceptors (Lipinski definition) is 5. The molecule has 0 aromatic rings. The Morgan fingerprint density at radius 2 is 1.58 bits per heavy atom. The van der Waals surface area contributed by atoms with Crippen LogP contribution in [-0.2, 0) is 14.4 Å². The number of carboxylic acid groups (broad SMARTS) is 1. The van der Waals surface area contributed by atoms with Gasteiger partial charge in [-0.1, -0.05) is 34.6 Å². The van der Waals surface area contributed by atoms with Gasteiger partial charge in [-0.05, 0) is 142 Å². The number of carboxylic acids is 1. The molecule has 0 unspecified atom stereocenters. The molecule has 0 aromatic carbocycles. The molecule has 43 heavy (non-hydrogen) atoms. The second-order valence-electron chi connectivity index (χ2n) is 15.8. The molecular weight excluding hydrogens is 542 g/mol. The molecule has 4 saturated carbocycles. The number of aliphatic hydroxyl groups excluding tert-OH is 1. The van der Waals surface area contributed by atoms with Gasteiger partial charge in [0.15, 0.2) is 0 Å². The molecule has 11 atom stereocenters. The molecule has 0 heterocycles. The van der Waals surface area contributed by atoms with Crippen LogP contribution in [0.3, 0.4) is 0 Å². The van der Waals surface area contributed by atoms with Crippen molar-refractivity contribution in [3.8, 4) is 0 Å². The lowest BCUT2D eigenvalue weighted by Crippen LogP contribution is -2.54. The number of hydrogen-bond donors (Lipinski definition) is 5. The highest BCUT2D eigenvalue weighted by molar-refractivity contribution is 5.90. The lowest BCUT2D eigenvalue weighted by Gasteiger charge is -2.61. The molecule has 6 N–H and O–H groups in total. The smallest absolute Gasteiger partial charge is 0.326 e. The first-order valence-electron chi connectivity index (χ1n) is 17.5. The topological polar surface area (TPSA) is 142 Å². The van der Waals surface area contributed by atoms with Gasteiger partial charge >= 0.3 is 5.97 Å². The van der Waals surface area contributed by atoms with Crippen LogP contribution in [-0.4, -0.2) is 52.7 Å². The molecule has 4 aliphatic carbocycles. The molecule has 2 amide bonds. The van der Waals surface area contributed by atoms with Crippen molar-refractivity contribution in [2.75, 3.05) is 6.54 Å². The monoisotopic (exact) mass is 603 g/mol. The Kier molecular flexibility index (Phi) is 11.3. The summed E-state index contributed by atoms with van der Waals surface area (Å²) in [6, 6.07) is -1.74. The lowest BCUT2D eigenvalue weighted by molar-refractivity contribution is -0.142. The van der Waals surface area contributed by atoms with Gasteiger partial charge in [0.2, 0.25) is 11.8 Å². The van der Waals surface area contributed by atoms with E-state index < -0.39 is 24.0 Å². The number of carbonyl (C=O) groups is 3. The number of rotatable bonds is 13. The van der Waals surface area contributed by atoms with Gasteiger partial charge in [-0.2, -0.15) is 0 Å². The number of unbranched alkanes of at least 4 members (excludes halogenated alkanes) is 1. The SMILES string of the molecule is CC(C)[C@H](NC(=O)CC[C@@H](C)[C@H]1CC[C@H]2[C@@H]3CC[C@@H]4C[C@H](O)CC[C@]4(C)[C@H]3CC[C@]12C)C(=O)N[C@@H](CCCCN)C(=O)O. The van der Waals surface area contributed by atoms with E-state index in [9.17, 15) is 24.6 Å². The summed E-state index contributed by atoms with van der Waals surface area (Å²) >= 11 is 0. The van der Waals surface area contributed by atoms with Crippen LogP contribution in [0.25, 0.3) is 0 Å². The maximum absolute atomic E-state index is 13.1. The Hall–Kier alpha value is -1.67. The summed E-state index contributed by atoms with van der Waals surface area (Å²) in [7, 11) is 0. The van der Waals surface area contributed by atoms with Crippen molar-refractivity contribution in [3.05, 3.63) is 0 Å². The van der Waals surface area contributed by atoms with E-state index in [-0.39, 0.29) is 17.9 Å². The van der Waals surface area contributed by atoms with Gasteiger partial charge in [0.25, 0.3) is 0 Å². The number of carbonyl (C=O) groups excluding carboxylic acids is 2. The van der Waals surface area contributed by atoms with Crippen molar-refractivity contribution in [3.63, 3.8) is 0 Å². The second kappa shape index (κ2) is 14.2. The molecule has 0 radical (unpaired) electrons. The predicted molar refractivity (Wildman–Crippen MR) is 169 cm³/mol. The number of amides is 2. The minimum atomic E-state index is -1.06. The third kappa shape index (κ3) is 7.26. The number of fused-ring (bicyclic) bond motifs is 5. The standard InChI is InChI=1S/C35H61N3O5/c1-21(2)31(32(41)37-29(33(42)43)8-6-7-19-36)38-30(40)14-9-22(3)26-12-13-27-25-11-10-23-20-24(39)15-17-34(23,4)28(25)16-18-35(26,27)5/h21-29,31,39H,6-20,36H2,1-5H3,(H,37,41)(H,38,40)(H,42,43)/t22-,23-,24-,25+,26-,27+,28+,29+,31+,34+,35-/m1/s1. The molecule has 4 rings (SSSR count). The Morgan fingerprint density at radius 3 is 2.26 bits per heavy atom. The van der Waals surface area contributed by atoms with E-state index in [4.69, 9.17) is 5.73 Å². The molecular formula is C35H61N3O5. The number of nitrogens with two attached hydrogens (primary N) is 1. The molecule has 4 fully saturated rings. The number of nitrogens with one attached hydrogen (secondary N) is 2. The number of aliphatic carboxylic acids is 1. The van der Waals surface area contributed by atoms with Gasteiger partial charge < -0.3 is 26.6 Å². The van der Waals surface area contributed by atoms with Crippen molar-refractivity contribution in [2.45, 2.75) is 143 Å². The molecule has 0 saturated heterocycles. The molecule has 8 heteroatoms. The highest BCUT2D eigenvalue weighted by atomic mass is 16.4. The van der Waals surface area contributed by atoms with Crippen LogP contribution < -0.4 is 16.4 Å². The average molecular weight is 604 g/mol. The van der Waals surface area contributed by atoms with Crippen LogP contribution >= 0.6 is 0 Å². The van der Waals surface area contributed by atoms with Crippen LogP contribution in [0.1, 0.15) is 125 Å². The van der Waals surface area contributed by atoms with E-state index in [0.717, 1.165) is 37.0 Å². The predicted octanol–water partition coefficient (Wildman–Crippen LogP) is 5.26. The van der Waals surface area contributed by atoms with Crippen molar-refractivity contribution in [2.24, 2.45) is 58.0 Å². The molecule has 246 valence electrons. The third-order valence-corrected chi connectivity index (χ3v) is 13.1. The van der Waals surface area contributed by atoms with Crippen LogP contribution in [0.2, 0.25) is 0 Å². The fourth-order valence-corrected chi connectivity index (χ4v) is 10.6. The lowest BCUT2D eigenvalue weighted by atomic mass is 9.44. The summed E-state index contributed by atoms with van der Waals surface area (Å²) in [6.07, 6.45) is 13.6. The molecule has 0 bridgehead atoms. The largest absolute Gasteiger partial charge is 0.480 e. The minimum Gasteiger partial charge on any atom is -0.480 e. The van der Waals surface area contributed by atoms with Gasteiger partial charge in [0, 0.05) is 6.42 Å². The Bertz CT molecular complexity index is 989. The number of aliphatic hydroxyl groups is 1. The quantitative estimate of drug-likeness (QED) is 0.182. The zero-order chi connectivity index (χ0) is 31.5. The Labute approximate surface area is 260 Å². The maximum atomic E-state index is 13.1. The van der Waals surface area contributed by atoms with Gasteiger partial charge in [-0.3, -0.25) is 9.59 Å². The molecule has 0 aromatic heterocycles. The fraction of sp³-hybridized carbons (Fsp3) is 0.914. The summed E-state index contributed by atoms with van der Waals surface area (Å²) in [6.45, 7) is 11.6. The normalized spacial score (nSPS) is 37.4. The van der Waals surface area contributed by atoms with E-state index in [1.807, 2.05) is 13.8 Å². The van der Waals surface area contributed by atoms with Crippen molar-refractivity contribution in [1.82, 2.24) is 10.6 Å². The van der Waals surface area contributed by atoms with E-state index in [0.29, 0.717) is 60.8 Å². The zero-order valence-electron chi connectivity index (χ0n) is 27.6. The summed E-state index contributed by atoms with van der Waals surface area (Å²) in [4.78, 5) is 37.8. The first-order chi connectivity index (χ1) is 20.3. The molecule has 0 spiro atoms. The molecule has 4 aliphatic rings. The van der Waals surface area contributed by atoms with Gasteiger partial charge in [-0.25, -0.2) is 4.79 Å². The van der Waals surface area contributed by atoms with Gasteiger partial charge in [-0.15, -0.1) is 0 Å². The van der Waals surface area contributed by atoms with Crippen LogP contribution in [0.15, 0.2) is 0 Å². The van der Waals surface area contributed by atoms with Crippen LogP contribution in [0.4, 0.5) is 0 Å². The molecule has 0 aliphatic heterocycles. The Morgan fingerprint density at radius 1 is 0.884 bits per heavy atom. The third-order valence-electron chi connectivity index (χ3n) is 13.1. The maximum Gasteiger partial charge on any atom is 0.326 e. The first-order valence-corrected chi connectivity index (χ1v) is 17.5. The Balaban J connectivity index is 1.31. The van der Waals surface area contributed by atoms with Crippen molar-refractivity contribution in [1.29, 1.82) is 0 Å². The van der Waals surface area contributed by atoms with Crippen LogP contribution in [0, 0.1) is 52.3 Å². The van der Waals surface area contributed by atoms with E-state index >= 15 is 0 Å². The minimum absolute atomic E-state index is 0.101. The molecule has 8 nitrogen and oxygen atoms in total. The van der Waals surface area contributed by atoms with Crippen molar-refractivity contribution >= 4 is 17.8 Å². The summed E-state index contributed by atoms with van der Waals surface area (Å²) in [5, 5.41) is 25.5. The summed E-state index contributed by atoms with van der Waals surface area (Å²) in [5.41, 5.74) is 6.24. The first kappa shape index (κ1) is 34.2. The average Bonchev–Trinajstić information content (AvgIpc) is 3.31. The van der Waals surface area contributed by atoms with E-state index in [1.54, 1.807) is 0 Å². The zero-order valence-corrected chi connectivity index (χ0v) is 27.6. The second-order valence-corrected chi connectivity index (χ2v) is 15.8. The van der Waals surface area contributed by atoms with E-state index in [2.05, 4.69) is 31.4 Å². The summed E-state index contributed by atoms with van der Waals surface area (Å²) < 4.78 is 0. The van der Waals surface area contributed by atoms with Crippen molar-refractivity contribution < 1.29 is 24.6 Å². The van der Waals surface area contributed by atoms with Crippen LogP contribution in [0.5, 0.6) is 0 Å².